The zero-order chi connectivity index (χ0) is 15.0. The Kier molecular flexibility index (Phi) is 4.11. The summed E-state index contributed by atoms with van der Waals surface area (Å²) in [4.78, 5) is 2.55. The summed E-state index contributed by atoms with van der Waals surface area (Å²) in [6, 6.07) is 11.0. The highest BCUT2D eigenvalue weighted by Gasteiger charge is 2.33. The third kappa shape index (κ3) is 3.17. The topological polar surface area (TPSA) is 15.3 Å². The maximum atomic E-state index is 3.84. The average molecular weight is 286 g/mol. The van der Waals surface area contributed by atoms with E-state index in [2.05, 4.69) is 62.3 Å². The van der Waals surface area contributed by atoms with Crippen molar-refractivity contribution in [3.8, 4) is 0 Å². The fourth-order valence-corrected chi connectivity index (χ4v) is 3.72. The lowest BCUT2D eigenvalue weighted by molar-refractivity contribution is 0.230. The molecule has 1 aromatic carbocycles. The molecular weight excluding hydrogens is 256 g/mol. The van der Waals surface area contributed by atoms with Gasteiger partial charge in [0.1, 0.15) is 0 Å². The molecule has 1 aromatic rings. The van der Waals surface area contributed by atoms with Gasteiger partial charge in [-0.25, -0.2) is 0 Å². The predicted octanol–water partition coefficient (Wildman–Crippen LogP) is 3.87. The van der Waals surface area contributed by atoms with Crippen molar-refractivity contribution in [1.82, 2.24) is 10.2 Å². The molecule has 2 nitrogen and oxygen atoms in total. The maximum absolute atomic E-state index is 3.84. The molecule has 0 radical (unpaired) electrons. The van der Waals surface area contributed by atoms with Gasteiger partial charge in [0.05, 0.1) is 0 Å². The van der Waals surface area contributed by atoms with Gasteiger partial charge in [-0.1, -0.05) is 38.1 Å². The van der Waals surface area contributed by atoms with Gasteiger partial charge >= 0.3 is 0 Å². The number of hydrogen-bond acceptors (Lipinski definition) is 2. The van der Waals surface area contributed by atoms with Crippen molar-refractivity contribution in [2.45, 2.75) is 70.0 Å². The van der Waals surface area contributed by atoms with Gasteiger partial charge in [0.25, 0.3) is 0 Å². The molecule has 0 amide bonds. The van der Waals surface area contributed by atoms with Crippen LogP contribution in [0, 0.1) is 0 Å². The Hall–Kier alpha value is -0.860. The summed E-state index contributed by atoms with van der Waals surface area (Å²) in [6.07, 6.45) is 5.31. The first-order chi connectivity index (χ1) is 9.99. The molecule has 0 bridgehead atoms. The minimum Gasteiger partial charge on any atom is -0.308 e. The SMILES string of the molecule is CC(CNC1CCC(C)(C)c2ccccc21)N(C)C1CC1. The first-order valence-corrected chi connectivity index (χ1v) is 8.54. The Morgan fingerprint density at radius 3 is 2.67 bits per heavy atom. The molecule has 1 saturated carbocycles. The molecule has 2 atom stereocenters. The van der Waals surface area contributed by atoms with Crippen LogP contribution < -0.4 is 5.32 Å². The van der Waals surface area contributed by atoms with Crippen molar-refractivity contribution < 1.29 is 0 Å². The number of fused-ring (bicyclic) bond motifs is 1. The molecule has 0 saturated heterocycles. The zero-order valence-electron chi connectivity index (χ0n) is 14.0. The predicted molar refractivity (Wildman–Crippen MR) is 89.7 cm³/mol. The van der Waals surface area contributed by atoms with Gasteiger partial charge in [0.2, 0.25) is 0 Å². The van der Waals surface area contributed by atoms with Crippen LogP contribution >= 0.6 is 0 Å². The molecule has 2 heteroatoms. The Balaban J connectivity index is 1.66. The van der Waals surface area contributed by atoms with Crippen LogP contribution in [0.1, 0.15) is 63.6 Å². The summed E-state index contributed by atoms with van der Waals surface area (Å²) in [7, 11) is 2.28. The van der Waals surface area contributed by atoms with E-state index in [9.17, 15) is 0 Å². The molecule has 1 N–H and O–H groups in total. The monoisotopic (exact) mass is 286 g/mol. The van der Waals surface area contributed by atoms with E-state index in [1.165, 1.54) is 36.8 Å². The van der Waals surface area contributed by atoms with E-state index >= 15 is 0 Å². The van der Waals surface area contributed by atoms with Crippen molar-refractivity contribution in [3.63, 3.8) is 0 Å². The molecule has 0 aromatic heterocycles. The van der Waals surface area contributed by atoms with Crippen molar-refractivity contribution in [2.24, 2.45) is 0 Å². The zero-order valence-corrected chi connectivity index (χ0v) is 14.0. The summed E-state index contributed by atoms with van der Waals surface area (Å²) in [5.41, 5.74) is 3.39. The van der Waals surface area contributed by atoms with Crippen LogP contribution in [0.15, 0.2) is 24.3 Å². The number of hydrogen-bond donors (Lipinski definition) is 1. The van der Waals surface area contributed by atoms with Crippen molar-refractivity contribution in [2.75, 3.05) is 13.6 Å². The van der Waals surface area contributed by atoms with E-state index in [1.54, 1.807) is 0 Å². The Morgan fingerprint density at radius 2 is 1.95 bits per heavy atom. The molecular formula is C19H30N2. The molecule has 1 fully saturated rings. The van der Waals surface area contributed by atoms with Crippen LogP contribution in [0.25, 0.3) is 0 Å². The molecule has 21 heavy (non-hydrogen) atoms. The van der Waals surface area contributed by atoms with Gasteiger partial charge in [-0.2, -0.15) is 0 Å². The van der Waals surface area contributed by atoms with Gasteiger partial charge in [-0.05, 0) is 56.2 Å². The van der Waals surface area contributed by atoms with Crippen molar-refractivity contribution in [1.29, 1.82) is 0 Å². The lowest BCUT2D eigenvalue weighted by Crippen LogP contribution is -2.42. The first kappa shape index (κ1) is 15.1. The quantitative estimate of drug-likeness (QED) is 0.884. The highest BCUT2D eigenvalue weighted by atomic mass is 15.2. The summed E-state index contributed by atoms with van der Waals surface area (Å²) in [6.45, 7) is 8.20. The van der Waals surface area contributed by atoms with Gasteiger partial charge in [0.15, 0.2) is 0 Å². The molecule has 0 spiro atoms. The van der Waals surface area contributed by atoms with Crippen molar-refractivity contribution >= 4 is 0 Å². The van der Waals surface area contributed by atoms with Gasteiger partial charge in [-0.3, -0.25) is 4.90 Å². The second kappa shape index (κ2) is 5.73. The molecule has 2 aliphatic rings. The number of likely N-dealkylation sites (N-methyl/N-ethyl adjacent to an activating group) is 1. The molecule has 0 heterocycles. The number of nitrogens with one attached hydrogen (secondary N) is 1. The van der Waals surface area contributed by atoms with Gasteiger partial charge < -0.3 is 5.32 Å². The number of rotatable bonds is 5. The van der Waals surface area contributed by atoms with Gasteiger partial charge in [0, 0.05) is 24.7 Å². The fourth-order valence-electron chi connectivity index (χ4n) is 3.72. The van der Waals surface area contributed by atoms with Crippen LogP contribution in [-0.4, -0.2) is 30.6 Å². The minimum atomic E-state index is 0.325. The second-order valence-corrected chi connectivity index (χ2v) is 7.72. The van der Waals surface area contributed by atoms with E-state index < -0.39 is 0 Å². The molecule has 0 aliphatic heterocycles. The minimum absolute atomic E-state index is 0.325. The number of benzene rings is 1. The molecule has 2 aliphatic carbocycles. The molecule has 3 rings (SSSR count). The third-order valence-corrected chi connectivity index (χ3v) is 5.60. The van der Waals surface area contributed by atoms with Crippen LogP contribution in [0.2, 0.25) is 0 Å². The summed E-state index contributed by atoms with van der Waals surface area (Å²) in [5, 5.41) is 3.84. The highest BCUT2D eigenvalue weighted by Crippen LogP contribution is 2.41. The highest BCUT2D eigenvalue weighted by molar-refractivity contribution is 5.38. The van der Waals surface area contributed by atoms with Crippen LogP contribution in [0.3, 0.4) is 0 Å². The van der Waals surface area contributed by atoms with Crippen LogP contribution in [0.4, 0.5) is 0 Å². The number of nitrogens with zero attached hydrogens (tertiary/aromatic N) is 1. The second-order valence-electron chi connectivity index (χ2n) is 7.72. The van der Waals surface area contributed by atoms with E-state index in [1.807, 2.05) is 0 Å². The van der Waals surface area contributed by atoms with Crippen LogP contribution in [-0.2, 0) is 5.41 Å². The summed E-state index contributed by atoms with van der Waals surface area (Å²) < 4.78 is 0. The largest absolute Gasteiger partial charge is 0.308 e. The van der Waals surface area contributed by atoms with E-state index in [-0.39, 0.29) is 0 Å². The Labute approximate surface area is 129 Å². The van der Waals surface area contributed by atoms with Gasteiger partial charge in [-0.15, -0.1) is 0 Å². The standard InChI is InChI=1S/C19H30N2/c1-14(21(4)15-9-10-15)13-20-18-11-12-19(2,3)17-8-6-5-7-16(17)18/h5-8,14-15,18,20H,9-13H2,1-4H3. The Morgan fingerprint density at radius 1 is 1.24 bits per heavy atom. The fraction of sp³-hybridized carbons (Fsp3) is 0.684. The Bertz CT molecular complexity index is 490. The van der Waals surface area contributed by atoms with E-state index in [0.29, 0.717) is 17.5 Å². The maximum Gasteiger partial charge on any atom is 0.0324 e. The lowest BCUT2D eigenvalue weighted by atomic mass is 9.71. The third-order valence-electron chi connectivity index (χ3n) is 5.60. The smallest absolute Gasteiger partial charge is 0.0324 e. The van der Waals surface area contributed by atoms with E-state index in [0.717, 1.165) is 12.6 Å². The first-order valence-electron chi connectivity index (χ1n) is 8.54. The summed E-state index contributed by atoms with van der Waals surface area (Å²) in [5.74, 6) is 0. The lowest BCUT2D eigenvalue weighted by Gasteiger charge is -2.38. The molecule has 2 unspecified atom stereocenters. The average Bonchev–Trinajstić information content (AvgIpc) is 3.30. The normalized spacial score (nSPS) is 25.7. The van der Waals surface area contributed by atoms with E-state index in [4.69, 9.17) is 0 Å². The molecule has 116 valence electrons. The summed E-state index contributed by atoms with van der Waals surface area (Å²) >= 11 is 0. The van der Waals surface area contributed by atoms with Crippen molar-refractivity contribution in [3.05, 3.63) is 35.4 Å². The van der Waals surface area contributed by atoms with Crippen LogP contribution in [0.5, 0.6) is 0 Å².